The maximum atomic E-state index is 10.4. The van der Waals surface area contributed by atoms with Gasteiger partial charge in [-0.2, -0.15) is 0 Å². The first-order valence-corrected chi connectivity index (χ1v) is 6.23. The Morgan fingerprint density at radius 2 is 2.44 bits per heavy atom. The molecule has 2 aromatic heterocycles. The van der Waals surface area contributed by atoms with Crippen molar-refractivity contribution in [3.05, 3.63) is 28.2 Å². The molecule has 0 amide bonds. The van der Waals surface area contributed by atoms with Crippen LogP contribution in [0.5, 0.6) is 0 Å². The highest BCUT2D eigenvalue weighted by Crippen LogP contribution is 2.42. The van der Waals surface area contributed by atoms with E-state index in [2.05, 4.69) is 20.9 Å². The van der Waals surface area contributed by atoms with E-state index in [0.717, 1.165) is 39.7 Å². The van der Waals surface area contributed by atoms with Crippen molar-refractivity contribution in [3.63, 3.8) is 0 Å². The minimum absolute atomic E-state index is 0.686. The van der Waals surface area contributed by atoms with Crippen LogP contribution in [0.2, 0.25) is 0 Å². The Kier molecular flexibility index (Phi) is 2.13. The van der Waals surface area contributed by atoms with Crippen molar-refractivity contribution in [2.75, 3.05) is 0 Å². The molecule has 16 heavy (non-hydrogen) atoms. The molecule has 2 heterocycles. The van der Waals surface area contributed by atoms with Crippen LogP contribution in [0.15, 0.2) is 21.3 Å². The molecule has 84 valence electrons. The topological polar surface area (TPSA) is 46.3 Å². The number of rotatable bonds is 1. The molecular formula is C12H12BrNO2. The van der Waals surface area contributed by atoms with Crippen molar-refractivity contribution in [2.24, 2.45) is 0 Å². The third-order valence-electron chi connectivity index (χ3n) is 3.47. The maximum Gasteiger partial charge on any atom is 0.141 e. The molecule has 1 unspecified atom stereocenters. The highest BCUT2D eigenvalue weighted by molar-refractivity contribution is 9.10. The van der Waals surface area contributed by atoms with Crippen LogP contribution in [0.4, 0.5) is 0 Å². The number of aryl methyl sites for hydroxylation is 1. The van der Waals surface area contributed by atoms with Gasteiger partial charge in [-0.25, -0.2) is 4.98 Å². The first-order valence-electron chi connectivity index (χ1n) is 5.44. The number of fused-ring (bicyclic) bond motifs is 3. The summed E-state index contributed by atoms with van der Waals surface area (Å²) in [5.74, 6) is 0. The number of aliphatic hydroxyl groups is 1. The van der Waals surface area contributed by atoms with Crippen LogP contribution in [-0.4, -0.2) is 10.1 Å². The summed E-state index contributed by atoms with van der Waals surface area (Å²) in [5.41, 5.74) is 1.93. The first kappa shape index (κ1) is 10.3. The van der Waals surface area contributed by atoms with Gasteiger partial charge in [0.05, 0.1) is 17.3 Å². The maximum absolute atomic E-state index is 10.4. The van der Waals surface area contributed by atoms with Crippen LogP contribution < -0.4 is 0 Å². The lowest BCUT2D eigenvalue weighted by Crippen LogP contribution is -2.22. The molecule has 1 N–H and O–H groups in total. The minimum atomic E-state index is -0.779. The van der Waals surface area contributed by atoms with E-state index in [-0.39, 0.29) is 0 Å². The first-order chi connectivity index (χ1) is 7.65. The Bertz CT molecular complexity index is 563. The number of aromatic nitrogens is 1. The molecule has 1 atom stereocenters. The van der Waals surface area contributed by atoms with Gasteiger partial charge in [-0.3, -0.25) is 0 Å². The van der Waals surface area contributed by atoms with Crippen LogP contribution in [0.1, 0.15) is 31.0 Å². The van der Waals surface area contributed by atoms with Gasteiger partial charge in [0.25, 0.3) is 0 Å². The Labute approximate surface area is 102 Å². The molecule has 1 aliphatic carbocycles. The number of hydrogen-bond donors (Lipinski definition) is 1. The van der Waals surface area contributed by atoms with Gasteiger partial charge in [0.1, 0.15) is 15.8 Å². The van der Waals surface area contributed by atoms with Gasteiger partial charge in [0.15, 0.2) is 0 Å². The van der Waals surface area contributed by atoms with Crippen molar-refractivity contribution in [1.29, 1.82) is 0 Å². The number of hydrogen-bond acceptors (Lipinski definition) is 3. The molecule has 0 aromatic carbocycles. The molecule has 0 aliphatic heterocycles. The minimum Gasteiger partial charge on any atom is -0.464 e. The van der Waals surface area contributed by atoms with Crippen molar-refractivity contribution in [1.82, 2.24) is 4.98 Å². The number of nitrogens with zero attached hydrogens (tertiary/aromatic N) is 1. The summed E-state index contributed by atoms with van der Waals surface area (Å²) in [6.07, 6.45) is 3.93. The summed E-state index contributed by atoms with van der Waals surface area (Å²) in [5, 5.41) is 11.4. The molecule has 0 bridgehead atoms. The van der Waals surface area contributed by atoms with Crippen LogP contribution in [0.25, 0.3) is 11.0 Å². The molecule has 2 aromatic rings. The van der Waals surface area contributed by atoms with Crippen LogP contribution in [0, 0.1) is 0 Å². The number of halogens is 1. The molecular weight excluding hydrogens is 270 g/mol. The zero-order valence-electron chi connectivity index (χ0n) is 8.96. The molecule has 0 radical (unpaired) electrons. The van der Waals surface area contributed by atoms with Gasteiger partial charge in [-0.05, 0) is 41.3 Å². The highest BCUT2D eigenvalue weighted by atomic mass is 79.9. The molecule has 0 fully saturated rings. The third kappa shape index (κ3) is 1.20. The average Bonchev–Trinajstić information content (AvgIpc) is 2.86. The van der Waals surface area contributed by atoms with E-state index in [9.17, 15) is 5.11 Å². The van der Waals surface area contributed by atoms with Gasteiger partial charge < -0.3 is 9.52 Å². The fourth-order valence-electron chi connectivity index (χ4n) is 2.45. The summed E-state index contributed by atoms with van der Waals surface area (Å²) in [7, 11) is 0. The van der Waals surface area contributed by atoms with Gasteiger partial charge in [0.2, 0.25) is 0 Å². The van der Waals surface area contributed by atoms with Crippen LogP contribution in [0.3, 0.4) is 0 Å². The van der Waals surface area contributed by atoms with Crippen molar-refractivity contribution >= 4 is 26.9 Å². The van der Waals surface area contributed by atoms with E-state index >= 15 is 0 Å². The second-order valence-electron chi connectivity index (χ2n) is 4.28. The van der Waals surface area contributed by atoms with E-state index in [0.29, 0.717) is 6.42 Å². The monoisotopic (exact) mass is 281 g/mol. The normalized spacial score (nSPS) is 23.9. The van der Waals surface area contributed by atoms with Crippen LogP contribution >= 0.6 is 15.9 Å². The highest BCUT2D eigenvalue weighted by Gasteiger charge is 2.38. The standard InChI is InChI=1S/C12H12BrNO2/c1-2-12(15)5-3-7-9-8(4-6-16-9)11(13)14-10(7)12/h4,6,15H,2-3,5H2,1H3. The summed E-state index contributed by atoms with van der Waals surface area (Å²) in [6.45, 7) is 1.98. The largest absolute Gasteiger partial charge is 0.464 e. The molecule has 3 rings (SSSR count). The Morgan fingerprint density at radius 3 is 3.19 bits per heavy atom. The fourth-order valence-corrected chi connectivity index (χ4v) is 2.94. The second-order valence-corrected chi connectivity index (χ2v) is 5.03. The summed E-state index contributed by atoms with van der Waals surface area (Å²) in [6, 6.07) is 1.90. The Morgan fingerprint density at radius 1 is 1.62 bits per heavy atom. The number of furan rings is 1. The SMILES string of the molecule is CCC1(O)CCc2c1nc(Br)c1ccoc21. The van der Waals surface area contributed by atoms with E-state index in [4.69, 9.17) is 4.42 Å². The Balaban J connectivity index is 2.36. The molecule has 0 saturated heterocycles. The molecule has 1 aliphatic rings. The van der Waals surface area contributed by atoms with E-state index in [1.807, 2.05) is 13.0 Å². The smallest absolute Gasteiger partial charge is 0.141 e. The summed E-state index contributed by atoms with van der Waals surface area (Å²) < 4.78 is 6.25. The lowest BCUT2D eigenvalue weighted by molar-refractivity contribution is 0.0305. The zero-order valence-corrected chi connectivity index (χ0v) is 10.5. The lowest BCUT2D eigenvalue weighted by Gasteiger charge is -2.20. The number of pyridine rings is 1. The van der Waals surface area contributed by atoms with Gasteiger partial charge >= 0.3 is 0 Å². The Hall–Kier alpha value is -0.870. The quantitative estimate of drug-likeness (QED) is 0.817. The van der Waals surface area contributed by atoms with Crippen molar-refractivity contribution in [3.8, 4) is 0 Å². The van der Waals surface area contributed by atoms with Crippen molar-refractivity contribution in [2.45, 2.75) is 31.8 Å². The second kappa shape index (κ2) is 3.31. The average molecular weight is 282 g/mol. The van der Waals surface area contributed by atoms with E-state index in [1.54, 1.807) is 6.26 Å². The summed E-state index contributed by atoms with van der Waals surface area (Å²) >= 11 is 3.43. The zero-order chi connectivity index (χ0) is 11.3. The third-order valence-corrected chi connectivity index (χ3v) is 4.08. The van der Waals surface area contributed by atoms with Gasteiger partial charge in [-0.1, -0.05) is 6.92 Å². The lowest BCUT2D eigenvalue weighted by atomic mass is 9.98. The predicted molar refractivity (Wildman–Crippen MR) is 64.2 cm³/mol. The van der Waals surface area contributed by atoms with E-state index in [1.165, 1.54) is 0 Å². The summed E-state index contributed by atoms with van der Waals surface area (Å²) in [4.78, 5) is 4.48. The molecule has 0 saturated carbocycles. The van der Waals surface area contributed by atoms with Gasteiger partial charge in [0, 0.05) is 5.56 Å². The van der Waals surface area contributed by atoms with Gasteiger partial charge in [-0.15, -0.1) is 0 Å². The fraction of sp³-hybridized carbons (Fsp3) is 0.417. The van der Waals surface area contributed by atoms with Crippen molar-refractivity contribution < 1.29 is 9.52 Å². The predicted octanol–water partition coefficient (Wildman–Crippen LogP) is 3.13. The molecule has 0 spiro atoms. The van der Waals surface area contributed by atoms with E-state index < -0.39 is 5.60 Å². The van der Waals surface area contributed by atoms with Crippen LogP contribution in [-0.2, 0) is 12.0 Å². The molecule has 3 nitrogen and oxygen atoms in total. The molecule has 4 heteroatoms.